The quantitative estimate of drug-likeness (QED) is 0.540. The van der Waals surface area contributed by atoms with Crippen molar-refractivity contribution in [2.24, 2.45) is 0 Å². The number of nitrogens with zero attached hydrogens (tertiary/aromatic N) is 3. The van der Waals surface area contributed by atoms with Crippen molar-refractivity contribution in [3.63, 3.8) is 0 Å². The van der Waals surface area contributed by atoms with Crippen LogP contribution in [0.25, 0.3) is 11.3 Å². The van der Waals surface area contributed by atoms with Crippen LogP contribution in [-0.2, 0) is 10.3 Å². The Morgan fingerprint density at radius 3 is 2.71 bits per heavy atom. The number of pyridine rings is 1. The van der Waals surface area contributed by atoms with Crippen molar-refractivity contribution in [3.8, 4) is 17.0 Å². The van der Waals surface area contributed by atoms with Crippen molar-refractivity contribution in [2.45, 2.75) is 55.4 Å². The summed E-state index contributed by atoms with van der Waals surface area (Å²) in [6, 6.07) is 5.29. The van der Waals surface area contributed by atoms with Crippen LogP contribution in [0.4, 0.5) is 13.2 Å². The number of carbonyl (C=O) groups excluding carboxylic acids is 1. The summed E-state index contributed by atoms with van der Waals surface area (Å²) in [5.41, 5.74) is 0.919. The molecule has 0 unspecified atom stereocenters. The number of halogens is 4. The molecule has 4 aliphatic rings. The van der Waals surface area contributed by atoms with Crippen LogP contribution in [0.5, 0.6) is 5.75 Å². The van der Waals surface area contributed by atoms with Crippen molar-refractivity contribution in [1.29, 1.82) is 0 Å². The summed E-state index contributed by atoms with van der Waals surface area (Å²) in [5, 5.41) is 17.8. The van der Waals surface area contributed by atoms with Gasteiger partial charge in [-0.1, -0.05) is 11.6 Å². The molecule has 3 heterocycles. The van der Waals surface area contributed by atoms with Gasteiger partial charge in [0.1, 0.15) is 11.6 Å². The Morgan fingerprint density at radius 1 is 1.26 bits per heavy atom. The van der Waals surface area contributed by atoms with E-state index in [1.807, 2.05) is 10.9 Å². The van der Waals surface area contributed by atoms with E-state index in [-0.39, 0.29) is 39.7 Å². The topological polar surface area (TPSA) is 89.3 Å². The number of benzene rings is 1. The molecule has 11 heteroatoms. The predicted molar refractivity (Wildman–Crippen MR) is 119 cm³/mol. The smallest absolute Gasteiger partial charge is 0.265 e. The fraction of sp³-hybridized carbons (Fsp3) is 0.375. The highest BCUT2D eigenvalue weighted by Crippen LogP contribution is 2.65. The summed E-state index contributed by atoms with van der Waals surface area (Å²) in [4.78, 5) is 17.0. The van der Waals surface area contributed by atoms with Gasteiger partial charge in [0.25, 0.3) is 12.3 Å². The SMILES string of the molecule is O=C(NC12CC(n3cc(-c4ccc(C(F)F)cn4)cn3)(C1)C2)[C@H]1C[C@@H](O)c2cc(Cl)c(F)cc2O1. The van der Waals surface area contributed by atoms with Crippen LogP contribution in [0.1, 0.15) is 49.3 Å². The first kappa shape index (κ1) is 22.4. The highest BCUT2D eigenvalue weighted by atomic mass is 35.5. The summed E-state index contributed by atoms with van der Waals surface area (Å²) >= 11 is 5.79. The third-order valence-electron chi connectivity index (χ3n) is 7.20. The summed E-state index contributed by atoms with van der Waals surface area (Å²) in [5.74, 6) is -0.930. The van der Waals surface area contributed by atoms with Crippen molar-refractivity contribution in [1.82, 2.24) is 20.1 Å². The van der Waals surface area contributed by atoms with E-state index in [4.69, 9.17) is 16.3 Å². The number of hydrogen-bond donors (Lipinski definition) is 2. The van der Waals surface area contributed by atoms with Gasteiger partial charge in [-0.25, -0.2) is 13.2 Å². The molecule has 7 rings (SSSR count). The van der Waals surface area contributed by atoms with Gasteiger partial charge >= 0.3 is 0 Å². The molecule has 2 N–H and O–H groups in total. The molecule has 7 nitrogen and oxygen atoms in total. The van der Waals surface area contributed by atoms with E-state index in [2.05, 4.69) is 15.4 Å². The zero-order valence-corrected chi connectivity index (χ0v) is 19.0. The Hall–Kier alpha value is -3.11. The summed E-state index contributed by atoms with van der Waals surface area (Å²) in [6.07, 6.45) is 2.24. The fourth-order valence-corrected chi connectivity index (χ4v) is 5.64. The maximum atomic E-state index is 13.8. The number of aliphatic hydroxyl groups is 1. The van der Waals surface area contributed by atoms with E-state index in [1.54, 1.807) is 12.3 Å². The molecule has 3 saturated carbocycles. The van der Waals surface area contributed by atoms with Crippen molar-refractivity contribution >= 4 is 17.5 Å². The Bertz CT molecular complexity index is 1310. The largest absolute Gasteiger partial charge is 0.480 e. The lowest BCUT2D eigenvalue weighted by atomic mass is 9.44. The average Bonchev–Trinajstić information content (AvgIpc) is 3.26. The molecule has 182 valence electrons. The minimum Gasteiger partial charge on any atom is -0.480 e. The highest BCUT2D eigenvalue weighted by Gasteiger charge is 2.70. The van der Waals surface area contributed by atoms with Crippen LogP contribution >= 0.6 is 11.6 Å². The molecule has 35 heavy (non-hydrogen) atoms. The van der Waals surface area contributed by atoms with Gasteiger partial charge in [-0.05, 0) is 37.5 Å². The summed E-state index contributed by atoms with van der Waals surface area (Å²) in [7, 11) is 0. The van der Waals surface area contributed by atoms with Gasteiger partial charge in [-0.15, -0.1) is 0 Å². The van der Waals surface area contributed by atoms with E-state index in [1.165, 1.54) is 12.1 Å². The first-order valence-electron chi connectivity index (χ1n) is 11.1. The number of carbonyl (C=O) groups is 1. The van der Waals surface area contributed by atoms with Gasteiger partial charge in [-0.3, -0.25) is 14.5 Å². The molecule has 1 aliphatic heterocycles. The van der Waals surface area contributed by atoms with E-state index < -0.39 is 24.5 Å². The lowest BCUT2D eigenvalue weighted by Crippen LogP contribution is -2.79. The second kappa shape index (κ2) is 7.69. The minimum atomic E-state index is -2.57. The van der Waals surface area contributed by atoms with Crippen LogP contribution in [0.15, 0.2) is 42.9 Å². The molecule has 2 aromatic heterocycles. The number of aliphatic hydroxyl groups excluding tert-OH is 1. The molecular formula is C24H20ClF3N4O3. The monoisotopic (exact) mass is 504 g/mol. The van der Waals surface area contributed by atoms with E-state index in [9.17, 15) is 23.1 Å². The van der Waals surface area contributed by atoms with Crippen LogP contribution in [-0.4, -0.2) is 37.4 Å². The Morgan fingerprint density at radius 2 is 2.03 bits per heavy atom. The zero-order chi connectivity index (χ0) is 24.5. The van der Waals surface area contributed by atoms with Gasteiger partial charge < -0.3 is 15.2 Å². The Balaban J connectivity index is 1.10. The Labute approximate surface area is 202 Å². The second-order valence-electron chi connectivity index (χ2n) is 9.64. The molecule has 2 atom stereocenters. The third kappa shape index (κ3) is 3.58. The van der Waals surface area contributed by atoms with Crippen molar-refractivity contribution in [2.75, 3.05) is 0 Å². The van der Waals surface area contributed by atoms with Crippen LogP contribution in [0.2, 0.25) is 5.02 Å². The number of hydrogen-bond acceptors (Lipinski definition) is 5. The maximum absolute atomic E-state index is 13.8. The zero-order valence-electron chi connectivity index (χ0n) is 18.2. The van der Waals surface area contributed by atoms with Crippen LogP contribution in [0.3, 0.4) is 0 Å². The van der Waals surface area contributed by atoms with E-state index in [0.717, 1.165) is 17.8 Å². The molecule has 3 fully saturated rings. The number of aromatic nitrogens is 3. The normalized spacial score (nSPS) is 28.5. The highest BCUT2D eigenvalue weighted by molar-refractivity contribution is 6.30. The number of rotatable bonds is 5. The fourth-order valence-electron chi connectivity index (χ4n) is 5.47. The first-order chi connectivity index (χ1) is 16.7. The van der Waals surface area contributed by atoms with Crippen LogP contribution < -0.4 is 10.1 Å². The number of amides is 1. The lowest BCUT2D eigenvalue weighted by molar-refractivity contribution is -0.165. The number of nitrogens with one attached hydrogen (secondary N) is 1. The first-order valence-corrected chi connectivity index (χ1v) is 11.5. The number of fused-ring (bicyclic) bond motifs is 1. The predicted octanol–water partition coefficient (Wildman–Crippen LogP) is 4.31. The van der Waals surface area contributed by atoms with E-state index in [0.29, 0.717) is 30.5 Å². The Kier molecular flexibility index (Phi) is 4.92. The molecule has 0 spiro atoms. The van der Waals surface area contributed by atoms with Gasteiger partial charge in [0.2, 0.25) is 0 Å². The molecular weight excluding hydrogens is 485 g/mol. The second-order valence-corrected chi connectivity index (χ2v) is 10.0. The van der Waals surface area contributed by atoms with Gasteiger partial charge in [-0.2, -0.15) is 5.10 Å². The van der Waals surface area contributed by atoms with Crippen molar-refractivity contribution < 1.29 is 27.8 Å². The minimum absolute atomic E-state index is 0.0435. The lowest BCUT2D eigenvalue weighted by Gasteiger charge is -2.70. The van der Waals surface area contributed by atoms with E-state index >= 15 is 0 Å². The molecule has 0 saturated heterocycles. The molecule has 3 aromatic rings. The van der Waals surface area contributed by atoms with Crippen LogP contribution in [0, 0.1) is 5.82 Å². The average molecular weight is 505 g/mol. The molecule has 0 radical (unpaired) electrons. The number of ether oxygens (including phenoxy) is 1. The molecule has 1 amide bonds. The third-order valence-corrected chi connectivity index (χ3v) is 7.49. The maximum Gasteiger partial charge on any atom is 0.265 e. The molecule has 1 aromatic carbocycles. The molecule has 2 bridgehead atoms. The summed E-state index contributed by atoms with van der Waals surface area (Å²) in [6.45, 7) is 0. The molecule has 3 aliphatic carbocycles. The van der Waals surface area contributed by atoms with Gasteiger partial charge in [0.15, 0.2) is 6.10 Å². The van der Waals surface area contributed by atoms with Gasteiger partial charge in [0, 0.05) is 47.1 Å². The van der Waals surface area contributed by atoms with Crippen molar-refractivity contribution in [3.05, 3.63) is 64.8 Å². The van der Waals surface area contributed by atoms with Gasteiger partial charge in [0.05, 0.1) is 28.6 Å². The number of alkyl halides is 2. The summed E-state index contributed by atoms with van der Waals surface area (Å²) < 4.78 is 46.9. The standard InChI is InChI=1S/C24H20ClF3N4O3/c25-15-3-14-18(33)5-20(35-19(14)4-16(15)26)22(34)31-23-9-24(10-23,11-23)32-8-13(7-30-32)17-2-1-12(6-29-17)21(27)28/h1-4,6-8,18,20-21,33H,5,9-11H2,(H,31,34)/t18-,20-,23?,24?/m1/s1.